The van der Waals surface area contributed by atoms with Crippen LogP contribution in [-0.2, 0) is 0 Å². The molecular formula is C27H44O. The first-order valence-electron chi connectivity index (χ1n) is 12.1. The van der Waals surface area contributed by atoms with Gasteiger partial charge in [-0.25, -0.2) is 0 Å². The molecule has 3 aliphatic carbocycles. The van der Waals surface area contributed by atoms with Crippen LogP contribution in [0.3, 0.4) is 0 Å². The third-order valence-corrected chi connectivity index (χ3v) is 8.35. The molecule has 0 aliphatic heterocycles. The molecule has 5 atom stereocenters. The fraction of sp³-hybridized carbons (Fsp3) is 0.778. The Balaban J connectivity index is 1.70. The van der Waals surface area contributed by atoms with Crippen LogP contribution in [0.4, 0.5) is 0 Å². The van der Waals surface area contributed by atoms with Crippen molar-refractivity contribution in [1.82, 2.24) is 0 Å². The number of fused-ring (bicyclic) bond motifs is 1. The van der Waals surface area contributed by atoms with E-state index in [1.165, 1.54) is 62.5 Å². The first-order chi connectivity index (χ1) is 13.3. The van der Waals surface area contributed by atoms with Crippen LogP contribution >= 0.6 is 0 Å². The molecule has 0 aromatic rings. The third kappa shape index (κ3) is 4.84. The van der Waals surface area contributed by atoms with Crippen LogP contribution in [0.2, 0.25) is 0 Å². The fourth-order valence-corrected chi connectivity index (χ4v) is 6.66. The summed E-state index contributed by atoms with van der Waals surface area (Å²) in [5.74, 6) is 3.37. The maximum atomic E-state index is 10.0. The van der Waals surface area contributed by atoms with Crippen molar-refractivity contribution in [3.63, 3.8) is 0 Å². The zero-order valence-electron chi connectivity index (χ0n) is 19.0. The predicted molar refractivity (Wildman–Crippen MR) is 121 cm³/mol. The molecule has 0 saturated heterocycles. The average Bonchev–Trinajstić information content (AvgIpc) is 2.99. The lowest BCUT2D eigenvalue weighted by molar-refractivity contribution is 0.0929. The molecule has 3 rings (SSSR count). The number of allylic oxidation sites excluding steroid dienone is 4. The van der Waals surface area contributed by atoms with E-state index in [9.17, 15) is 5.11 Å². The van der Waals surface area contributed by atoms with Crippen LogP contribution in [0.25, 0.3) is 0 Å². The highest BCUT2D eigenvalue weighted by Gasteiger charge is 2.50. The molecule has 1 N–H and O–H groups in total. The Bertz CT molecular complexity index is 610. The van der Waals surface area contributed by atoms with E-state index < -0.39 is 0 Å². The Morgan fingerprint density at radius 3 is 2.64 bits per heavy atom. The summed E-state index contributed by atoms with van der Waals surface area (Å²) < 4.78 is 0. The molecule has 0 bridgehead atoms. The number of aliphatic hydroxyl groups excluding tert-OH is 1. The topological polar surface area (TPSA) is 20.2 Å². The fourth-order valence-electron chi connectivity index (χ4n) is 6.66. The second-order valence-electron chi connectivity index (χ2n) is 10.8. The van der Waals surface area contributed by atoms with Gasteiger partial charge in [0.25, 0.3) is 0 Å². The summed E-state index contributed by atoms with van der Waals surface area (Å²) in [6, 6.07) is 0. The SMILES string of the molecule is C=C1CC[C@@H](O)C/C1=C/C=C1\CCCC2(C)C1CCC2C(C)CCCC(C)C. The van der Waals surface area contributed by atoms with Crippen molar-refractivity contribution < 1.29 is 5.11 Å². The van der Waals surface area contributed by atoms with E-state index in [1.807, 2.05) is 0 Å². The average molecular weight is 385 g/mol. The zero-order valence-corrected chi connectivity index (χ0v) is 19.0. The molecule has 3 fully saturated rings. The summed E-state index contributed by atoms with van der Waals surface area (Å²) in [7, 11) is 0. The highest BCUT2D eigenvalue weighted by Crippen LogP contribution is 2.59. The summed E-state index contributed by atoms with van der Waals surface area (Å²) >= 11 is 0. The lowest BCUT2D eigenvalue weighted by atomic mass is 9.60. The minimum atomic E-state index is -0.172. The molecule has 0 radical (unpaired) electrons. The van der Waals surface area contributed by atoms with E-state index in [0.717, 1.165) is 42.9 Å². The number of hydrogen-bond acceptors (Lipinski definition) is 1. The summed E-state index contributed by atoms with van der Waals surface area (Å²) in [5.41, 5.74) is 4.72. The summed E-state index contributed by atoms with van der Waals surface area (Å²) in [6.07, 6.45) is 18.2. The van der Waals surface area contributed by atoms with Crippen LogP contribution in [0.15, 0.2) is 35.5 Å². The maximum Gasteiger partial charge on any atom is 0.0583 e. The van der Waals surface area contributed by atoms with Gasteiger partial charge in [-0.15, -0.1) is 0 Å². The molecular weight excluding hydrogens is 340 g/mol. The second kappa shape index (κ2) is 9.33. The number of rotatable bonds is 6. The van der Waals surface area contributed by atoms with Crippen molar-refractivity contribution in [2.24, 2.45) is 29.1 Å². The molecule has 3 aliphatic rings. The summed E-state index contributed by atoms with van der Waals surface area (Å²) in [5, 5.41) is 10.0. The van der Waals surface area contributed by atoms with Crippen molar-refractivity contribution in [3.8, 4) is 0 Å². The molecule has 28 heavy (non-hydrogen) atoms. The first kappa shape index (κ1) is 21.9. The largest absolute Gasteiger partial charge is 0.393 e. The Morgan fingerprint density at radius 1 is 1.11 bits per heavy atom. The van der Waals surface area contributed by atoms with Crippen molar-refractivity contribution in [2.75, 3.05) is 0 Å². The van der Waals surface area contributed by atoms with Gasteiger partial charge in [0.1, 0.15) is 0 Å². The van der Waals surface area contributed by atoms with Gasteiger partial charge >= 0.3 is 0 Å². The minimum Gasteiger partial charge on any atom is -0.393 e. The van der Waals surface area contributed by atoms with E-state index in [0.29, 0.717) is 5.41 Å². The molecule has 0 spiro atoms. The molecule has 1 nitrogen and oxygen atoms in total. The Kier molecular flexibility index (Phi) is 7.29. The highest BCUT2D eigenvalue weighted by atomic mass is 16.3. The standard InChI is InChI=1S/C27H44O/c1-19(2)8-6-9-21(4)25-15-16-26-22(10-7-17-27(25,26)5)12-13-23-18-24(28)14-11-20(23)3/h12-13,19,21,24-26,28H,3,6-11,14-18H2,1-2,4-5H3/b22-12+,23-13-/t21?,24-,25?,26?,27?/m1/s1. The molecule has 0 heterocycles. The van der Waals surface area contributed by atoms with E-state index in [4.69, 9.17) is 0 Å². The van der Waals surface area contributed by atoms with Crippen molar-refractivity contribution in [3.05, 3.63) is 35.5 Å². The number of hydrogen-bond donors (Lipinski definition) is 1. The van der Waals surface area contributed by atoms with Gasteiger partial charge < -0.3 is 5.11 Å². The molecule has 158 valence electrons. The zero-order chi connectivity index (χ0) is 20.3. The monoisotopic (exact) mass is 384 g/mol. The third-order valence-electron chi connectivity index (χ3n) is 8.35. The first-order valence-corrected chi connectivity index (χ1v) is 12.1. The lowest BCUT2D eigenvalue weighted by Crippen LogP contribution is -2.36. The number of aliphatic hydroxyl groups is 1. The van der Waals surface area contributed by atoms with Gasteiger partial charge in [0, 0.05) is 0 Å². The van der Waals surface area contributed by atoms with Gasteiger partial charge in [0.15, 0.2) is 0 Å². The van der Waals surface area contributed by atoms with Gasteiger partial charge in [-0.05, 0) is 86.0 Å². The summed E-state index contributed by atoms with van der Waals surface area (Å²) in [6.45, 7) is 14.1. The Labute approximate surface area is 174 Å². The highest BCUT2D eigenvalue weighted by molar-refractivity contribution is 5.36. The van der Waals surface area contributed by atoms with Gasteiger partial charge in [-0.1, -0.05) is 76.8 Å². The van der Waals surface area contributed by atoms with Gasteiger partial charge in [-0.3, -0.25) is 0 Å². The lowest BCUT2D eigenvalue weighted by Gasteiger charge is -2.44. The maximum absolute atomic E-state index is 10.0. The van der Waals surface area contributed by atoms with Crippen LogP contribution in [0, 0.1) is 29.1 Å². The van der Waals surface area contributed by atoms with Gasteiger partial charge in [-0.2, -0.15) is 0 Å². The van der Waals surface area contributed by atoms with Crippen molar-refractivity contribution in [1.29, 1.82) is 0 Å². The second-order valence-corrected chi connectivity index (χ2v) is 10.8. The van der Waals surface area contributed by atoms with Gasteiger partial charge in [0.05, 0.1) is 6.10 Å². The molecule has 3 saturated carbocycles. The normalized spacial score (nSPS) is 37.6. The van der Waals surface area contributed by atoms with Crippen LogP contribution < -0.4 is 0 Å². The molecule has 0 aromatic heterocycles. The van der Waals surface area contributed by atoms with Crippen LogP contribution in [-0.4, -0.2) is 11.2 Å². The molecule has 1 heteroatoms. The van der Waals surface area contributed by atoms with Crippen molar-refractivity contribution in [2.45, 2.75) is 104 Å². The van der Waals surface area contributed by atoms with E-state index in [2.05, 4.69) is 46.4 Å². The molecule has 0 aromatic carbocycles. The Hall–Kier alpha value is -0.820. The van der Waals surface area contributed by atoms with Crippen LogP contribution in [0.1, 0.15) is 98.3 Å². The van der Waals surface area contributed by atoms with Crippen molar-refractivity contribution >= 4 is 0 Å². The summed E-state index contributed by atoms with van der Waals surface area (Å²) in [4.78, 5) is 0. The van der Waals surface area contributed by atoms with E-state index in [-0.39, 0.29) is 6.10 Å². The quantitative estimate of drug-likeness (QED) is 0.499. The van der Waals surface area contributed by atoms with Gasteiger partial charge in [0.2, 0.25) is 0 Å². The van der Waals surface area contributed by atoms with E-state index in [1.54, 1.807) is 5.57 Å². The minimum absolute atomic E-state index is 0.172. The molecule has 0 amide bonds. The Morgan fingerprint density at radius 2 is 1.89 bits per heavy atom. The van der Waals surface area contributed by atoms with Crippen LogP contribution in [0.5, 0.6) is 0 Å². The van der Waals surface area contributed by atoms with E-state index >= 15 is 0 Å². The smallest absolute Gasteiger partial charge is 0.0583 e. The predicted octanol–water partition coefficient (Wildman–Crippen LogP) is 7.62. The molecule has 4 unspecified atom stereocenters.